The standard InChI is InChI=1S/C30H27FN3.HI/c1-33(20-6-19-32)28-16-9-23(10-17-28)11-18-29-21-26(24-7-4-3-5-8-24)22-30(34(29)2)25-12-14-27(31)15-13-25;/h3-5,7-18,21-22H,6,20H2,1-2H3;1H/q+1;/p-1. The molecule has 0 aliphatic rings. The van der Waals surface area contributed by atoms with Crippen molar-refractivity contribution in [3.63, 3.8) is 0 Å². The second-order valence-electron chi connectivity index (χ2n) is 8.24. The Morgan fingerprint density at radius 1 is 0.857 bits per heavy atom. The Bertz CT molecular complexity index is 1330. The molecule has 0 fully saturated rings. The molecule has 1 aromatic heterocycles. The summed E-state index contributed by atoms with van der Waals surface area (Å²) in [6.45, 7) is 0.708. The van der Waals surface area contributed by atoms with Crippen LogP contribution in [0.1, 0.15) is 17.7 Å². The predicted molar refractivity (Wildman–Crippen MR) is 137 cm³/mol. The highest BCUT2D eigenvalue weighted by Gasteiger charge is 2.16. The Balaban J connectivity index is 0.00000342. The maximum Gasteiger partial charge on any atom is 0.213 e. The summed E-state index contributed by atoms with van der Waals surface area (Å²) < 4.78 is 15.7. The van der Waals surface area contributed by atoms with Crippen LogP contribution in [0.5, 0.6) is 0 Å². The fourth-order valence-corrected chi connectivity index (χ4v) is 3.90. The molecule has 4 rings (SSSR count). The summed E-state index contributed by atoms with van der Waals surface area (Å²) in [6.07, 6.45) is 4.70. The molecule has 5 heteroatoms. The molecular weight excluding hydrogens is 548 g/mol. The van der Waals surface area contributed by atoms with Gasteiger partial charge in [0.1, 0.15) is 12.9 Å². The van der Waals surface area contributed by atoms with E-state index in [4.69, 9.17) is 5.26 Å². The number of nitrogens with zero attached hydrogens (tertiary/aromatic N) is 3. The number of aromatic nitrogens is 1. The Morgan fingerprint density at radius 2 is 1.54 bits per heavy atom. The van der Waals surface area contributed by atoms with Gasteiger partial charge in [0.15, 0.2) is 0 Å². The summed E-state index contributed by atoms with van der Waals surface area (Å²) in [6, 6.07) is 31.7. The molecule has 35 heavy (non-hydrogen) atoms. The van der Waals surface area contributed by atoms with Gasteiger partial charge in [-0.05, 0) is 59.2 Å². The van der Waals surface area contributed by atoms with Crippen molar-refractivity contribution in [1.29, 1.82) is 5.26 Å². The average molecular weight is 575 g/mol. The van der Waals surface area contributed by atoms with Gasteiger partial charge in [-0.3, -0.25) is 0 Å². The number of halogens is 2. The molecule has 0 saturated heterocycles. The van der Waals surface area contributed by atoms with E-state index in [2.05, 4.69) is 76.2 Å². The minimum Gasteiger partial charge on any atom is -1.00 e. The Hall–Kier alpha value is -3.50. The number of benzene rings is 3. The van der Waals surface area contributed by atoms with Gasteiger partial charge in [-0.1, -0.05) is 42.5 Å². The Morgan fingerprint density at radius 3 is 2.20 bits per heavy atom. The highest BCUT2D eigenvalue weighted by atomic mass is 127. The lowest BCUT2D eigenvalue weighted by atomic mass is 10.0. The second kappa shape index (κ2) is 12.3. The lowest BCUT2D eigenvalue weighted by molar-refractivity contribution is -0.662. The summed E-state index contributed by atoms with van der Waals surface area (Å²) in [7, 11) is 4.02. The van der Waals surface area contributed by atoms with E-state index in [9.17, 15) is 4.39 Å². The van der Waals surface area contributed by atoms with Crippen molar-refractivity contribution in [2.45, 2.75) is 6.42 Å². The van der Waals surface area contributed by atoms with Crippen molar-refractivity contribution >= 4 is 17.8 Å². The van der Waals surface area contributed by atoms with Gasteiger partial charge in [0, 0.05) is 43.1 Å². The van der Waals surface area contributed by atoms with Crippen LogP contribution in [0.4, 0.5) is 10.1 Å². The highest BCUT2D eigenvalue weighted by molar-refractivity contribution is 5.74. The van der Waals surface area contributed by atoms with Crippen LogP contribution in [0.15, 0.2) is 91.0 Å². The summed E-state index contributed by atoms with van der Waals surface area (Å²) >= 11 is 0. The second-order valence-corrected chi connectivity index (χ2v) is 8.24. The zero-order valence-corrected chi connectivity index (χ0v) is 22.0. The van der Waals surface area contributed by atoms with E-state index >= 15 is 0 Å². The van der Waals surface area contributed by atoms with Crippen LogP contribution >= 0.6 is 0 Å². The maximum atomic E-state index is 13.5. The first-order valence-corrected chi connectivity index (χ1v) is 11.3. The van der Waals surface area contributed by atoms with Gasteiger partial charge < -0.3 is 28.9 Å². The monoisotopic (exact) mass is 575 g/mol. The lowest BCUT2D eigenvalue weighted by Gasteiger charge is -2.17. The van der Waals surface area contributed by atoms with Crippen LogP contribution < -0.4 is 33.4 Å². The minimum atomic E-state index is -0.243. The lowest BCUT2D eigenvalue weighted by Crippen LogP contribution is -3.00. The quantitative estimate of drug-likeness (QED) is 0.250. The molecule has 4 aromatic rings. The van der Waals surface area contributed by atoms with Gasteiger partial charge in [0.05, 0.1) is 12.5 Å². The van der Waals surface area contributed by atoms with Gasteiger partial charge in [0.25, 0.3) is 0 Å². The first kappa shape index (κ1) is 26.1. The van der Waals surface area contributed by atoms with E-state index < -0.39 is 0 Å². The van der Waals surface area contributed by atoms with E-state index in [1.165, 1.54) is 12.1 Å². The molecule has 3 aromatic carbocycles. The molecule has 176 valence electrons. The molecule has 0 spiro atoms. The smallest absolute Gasteiger partial charge is 0.213 e. The van der Waals surface area contributed by atoms with E-state index in [0.717, 1.165) is 39.3 Å². The molecule has 0 amide bonds. The summed E-state index contributed by atoms with van der Waals surface area (Å²) in [4.78, 5) is 2.08. The summed E-state index contributed by atoms with van der Waals surface area (Å²) in [5.41, 5.74) is 7.42. The summed E-state index contributed by atoms with van der Waals surface area (Å²) in [5.74, 6) is -0.243. The minimum absolute atomic E-state index is 0. The fraction of sp³-hybridized carbons (Fsp3) is 0.133. The molecule has 0 atom stereocenters. The van der Waals surface area contributed by atoms with E-state index in [-0.39, 0.29) is 29.8 Å². The van der Waals surface area contributed by atoms with Crippen molar-refractivity contribution in [1.82, 2.24) is 0 Å². The molecule has 1 heterocycles. The number of anilines is 1. The largest absolute Gasteiger partial charge is 1.00 e. The molecule has 0 bridgehead atoms. The fourth-order valence-electron chi connectivity index (χ4n) is 3.90. The van der Waals surface area contributed by atoms with Crippen molar-refractivity contribution < 1.29 is 32.9 Å². The number of hydrogen-bond acceptors (Lipinski definition) is 2. The van der Waals surface area contributed by atoms with E-state index in [1.807, 2.05) is 44.4 Å². The maximum absolute atomic E-state index is 13.5. The number of nitriles is 1. The number of rotatable bonds is 7. The van der Waals surface area contributed by atoms with Gasteiger partial charge in [-0.25, -0.2) is 4.39 Å². The van der Waals surface area contributed by atoms with Gasteiger partial charge in [0.2, 0.25) is 11.4 Å². The number of hydrogen-bond donors (Lipinski definition) is 0. The number of pyridine rings is 1. The van der Waals surface area contributed by atoms with Crippen LogP contribution in [0.3, 0.4) is 0 Å². The molecule has 3 nitrogen and oxygen atoms in total. The predicted octanol–water partition coefficient (Wildman–Crippen LogP) is 3.51. The molecule has 0 N–H and O–H groups in total. The highest BCUT2D eigenvalue weighted by Crippen LogP contribution is 2.26. The summed E-state index contributed by atoms with van der Waals surface area (Å²) in [5, 5.41) is 8.80. The van der Waals surface area contributed by atoms with Gasteiger partial charge >= 0.3 is 0 Å². The van der Waals surface area contributed by atoms with E-state index in [0.29, 0.717) is 13.0 Å². The van der Waals surface area contributed by atoms with Crippen molar-refractivity contribution in [2.24, 2.45) is 7.05 Å². The van der Waals surface area contributed by atoms with Crippen molar-refractivity contribution in [3.05, 3.63) is 108 Å². The molecule has 0 aliphatic heterocycles. The average Bonchev–Trinajstić information content (AvgIpc) is 2.88. The van der Waals surface area contributed by atoms with Crippen LogP contribution in [0.25, 0.3) is 34.5 Å². The first-order valence-electron chi connectivity index (χ1n) is 11.3. The zero-order valence-electron chi connectivity index (χ0n) is 19.8. The third-order valence-electron chi connectivity index (χ3n) is 5.93. The topological polar surface area (TPSA) is 30.9 Å². The zero-order chi connectivity index (χ0) is 23.9. The molecular formula is C30H27FIN3. The third kappa shape index (κ3) is 6.55. The normalized spacial score (nSPS) is 10.6. The first-order chi connectivity index (χ1) is 16.5. The van der Waals surface area contributed by atoms with Crippen LogP contribution in [0, 0.1) is 17.1 Å². The van der Waals surface area contributed by atoms with Crippen molar-refractivity contribution in [2.75, 3.05) is 18.5 Å². The van der Waals surface area contributed by atoms with Gasteiger partial charge in [-0.2, -0.15) is 9.83 Å². The molecule has 0 radical (unpaired) electrons. The molecule has 0 unspecified atom stereocenters. The van der Waals surface area contributed by atoms with Crippen LogP contribution in [-0.4, -0.2) is 13.6 Å². The Kier molecular flexibility index (Phi) is 9.16. The van der Waals surface area contributed by atoms with Crippen molar-refractivity contribution in [3.8, 4) is 28.5 Å². The Labute approximate surface area is 223 Å². The van der Waals surface area contributed by atoms with Crippen LogP contribution in [0.2, 0.25) is 0 Å². The molecule has 0 saturated carbocycles. The molecule has 0 aliphatic carbocycles. The van der Waals surface area contributed by atoms with E-state index in [1.54, 1.807) is 0 Å². The van der Waals surface area contributed by atoms with Crippen LogP contribution in [-0.2, 0) is 7.05 Å². The van der Waals surface area contributed by atoms with Gasteiger partial charge in [-0.15, -0.1) is 0 Å². The SMILES string of the molecule is CN(CCC#N)c1ccc(C=Cc2cc(-c3ccccc3)cc(-c3ccc(F)cc3)[n+]2C)cc1.[I-]. The third-order valence-corrected chi connectivity index (χ3v) is 5.93.